The van der Waals surface area contributed by atoms with Gasteiger partial charge in [-0.2, -0.15) is 0 Å². The Morgan fingerprint density at radius 1 is 0.933 bits per heavy atom. The minimum atomic E-state index is -0.651. The van der Waals surface area contributed by atoms with E-state index in [0.717, 1.165) is 11.1 Å². The number of anilines is 2. The smallest absolute Gasteiger partial charge is 0.293 e. The number of halogens is 1. The SMILES string of the molecule is Cc1cccc(CC(=O)Nc2c(C(=O)Nc3ccccc3F)oc3ccccc23)c1. The second-order valence-electron chi connectivity index (χ2n) is 6.95. The van der Waals surface area contributed by atoms with Crippen molar-refractivity contribution in [2.75, 3.05) is 10.6 Å². The standard InChI is InChI=1S/C24H19FN2O3/c1-15-7-6-8-16(13-15)14-21(28)27-22-17-9-2-5-12-20(17)30-23(22)24(29)26-19-11-4-3-10-18(19)25/h2-13H,14H2,1H3,(H,26,29)(H,27,28). The number of carbonyl (C=O) groups is 2. The molecular weight excluding hydrogens is 383 g/mol. The van der Waals surface area contributed by atoms with Crippen LogP contribution in [0.4, 0.5) is 15.8 Å². The first-order chi connectivity index (χ1) is 14.5. The van der Waals surface area contributed by atoms with Crippen LogP contribution in [0.5, 0.6) is 0 Å². The van der Waals surface area contributed by atoms with Crippen molar-refractivity contribution in [3.8, 4) is 0 Å². The highest BCUT2D eigenvalue weighted by atomic mass is 19.1. The third-order valence-electron chi connectivity index (χ3n) is 4.64. The Bertz CT molecular complexity index is 1250. The number of fused-ring (bicyclic) bond motifs is 1. The van der Waals surface area contributed by atoms with Crippen LogP contribution in [0, 0.1) is 12.7 Å². The molecule has 2 N–H and O–H groups in total. The summed E-state index contributed by atoms with van der Waals surface area (Å²) in [4.78, 5) is 25.5. The van der Waals surface area contributed by atoms with Gasteiger partial charge in [-0.3, -0.25) is 9.59 Å². The van der Waals surface area contributed by atoms with E-state index in [0.29, 0.717) is 11.0 Å². The molecule has 0 bridgehead atoms. The summed E-state index contributed by atoms with van der Waals surface area (Å²) in [5.74, 6) is -1.58. The summed E-state index contributed by atoms with van der Waals surface area (Å²) in [5, 5.41) is 5.89. The van der Waals surface area contributed by atoms with Crippen LogP contribution >= 0.6 is 0 Å². The van der Waals surface area contributed by atoms with Crippen LogP contribution in [-0.4, -0.2) is 11.8 Å². The Morgan fingerprint density at radius 3 is 2.50 bits per heavy atom. The zero-order chi connectivity index (χ0) is 21.1. The second kappa shape index (κ2) is 8.21. The van der Waals surface area contributed by atoms with Crippen molar-refractivity contribution in [1.82, 2.24) is 0 Å². The van der Waals surface area contributed by atoms with Crippen LogP contribution in [-0.2, 0) is 11.2 Å². The molecule has 3 aromatic carbocycles. The Hall–Kier alpha value is -3.93. The van der Waals surface area contributed by atoms with E-state index in [1.807, 2.05) is 31.2 Å². The fourth-order valence-electron chi connectivity index (χ4n) is 3.26. The molecule has 5 nitrogen and oxygen atoms in total. The van der Waals surface area contributed by atoms with Crippen LogP contribution in [0.15, 0.2) is 77.2 Å². The minimum Gasteiger partial charge on any atom is -0.449 e. The van der Waals surface area contributed by atoms with E-state index >= 15 is 0 Å². The maximum Gasteiger partial charge on any atom is 0.293 e. The van der Waals surface area contributed by atoms with Gasteiger partial charge in [0.05, 0.1) is 12.1 Å². The Kier molecular flexibility index (Phi) is 5.30. The Balaban J connectivity index is 1.64. The quantitative estimate of drug-likeness (QED) is 0.475. The summed E-state index contributed by atoms with van der Waals surface area (Å²) in [6.45, 7) is 1.95. The highest BCUT2D eigenvalue weighted by Crippen LogP contribution is 2.32. The number of carbonyl (C=O) groups excluding carboxylic acids is 2. The summed E-state index contributed by atoms with van der Waals surface area (Å²) in [6.07, 6.45) is 0.148. The van der Waals surface area contributed by atoms with Gasteiger partial charge >= 0.3 is 0 Å². The molecule has 2 amide bonds. The van der Waals surface area contributed by atoms with Crippen LogP contribution in [0.2, 0.25) is 0 Å². The number of hydrogen-bond donors (Lipinski definition) is 2. The summed E-state index contributed by atoms with van der Waals surface area (Å²) in [6, 6.07) is 20.5. The predicted octanol–water partition coefficient (Wildman–Crippen LogP) is 5.31. The first-order valence-corrected chi connectivity index (χ1v) is 9.44. The van der Waals surface area contributed by atoms with Crippen molar-refractivity contribution < 1.29 is 18.4 Å². The molecule has 30 heavy (non-hydrogen) atoms. The molecular formula is C24H19FN2O3. The lowest BCUT2D eigenvalue weighted by atomic mass is 10.1. The Morgan fingerprint density at radius 2 is 1.70 bits per heavy atom. The van der Waals surface area contributed by atoms with Crippen molar-refractivity contribution in [2.24, 2.45) is 0 Å². The molecule has 0 aliphatic rings. The average Bonchev–Trinajstić information content (AvgIpc) is 3.08. The molecule has 0 saturated carbocycles. The molecule has 0 fully saturated rings. The van der Waals surface area contributed by atoms with Gasteiger partial charge in [0.15, 0.2) is 0 Å². The van der Waals surface area contributed by atoms with Crippen LogP contribution in [0.1, 0.15) is 21.7 Å². The molecule has 1 heterocycles. The second-order valence-corrected chi connectivity index (χ2v) is 6.95. The number of nitrogens with one attached hydrogen (secondary N) is 2. The van der Waals surface area contributed by atoms with Gasteiger partial charge in [0, 0.05) is 5.39 Å². The number of rotatable bonds is 5. The van der Waals surface area contributed by atoms with Gasteiger partial charge in [-0.25, -0.2) is 4.39 Å². The zero-order valence-electron chi connectivity index (χ0n) is 16.2. The summed E-state index contributed by atoms with van der Waals surface area (Å²) < 4.78 is 19.6. The van der Waals surface area contributed by atoms with Crippen molar-refractivity contribution in [1.29, 1.82) is 0 Å². The molecule has 4 rings (SSSR count). The van der Waals surface area contributed by atoms with Crippen molar-refractivity contribution >= 4 is 34.2 Å². The molecule has 0 spiro atoms. The molecule has 0 saturated heterocycles. The van der Waals surface area contributed by atoms with E-state index in [-0.39, 0.29) is 29.5 Å². The van der Waals surface area contributed by atoms with E-state index < -0.39 is 11.7 Å². The predicted molar refractivity (Wildman–Crippen MR) is 114 cm³/mol. The third-order valence-corrected chi connectivity index (χ3v) is 4.64. The number of benzene rings is 3. The van der Waals surface area contributed by atoms with Gasteiger partial charge in [-0.05, 0) is 36.8 Å². The van der Waals surface area contributed by atoms with Gasteiger partial charge in [0.2, 0.25) is 11.7 Å². The zero-order valence-corrected chi connectivity index (χ0v) is 16.2. The maximum absolute atomic E-state index is 13.9. The van der Waals surface area contributed by atoms with Crippen molar-refractivity contribution in [3.63, 3.8) is 0 Å². The number of para-hydroxylation sites is 2. The molecule has 0 aliphatic heterocycles. The summed E-state index contributed by atoms with van der Waals surface area (Å²) in [5.41, 5.74) is 2.65. The highest BCUT2D eigenvalue weighted by Gasteiger charge is 2.23. The van der Waals surface area contributed by atoms with E-state index in [1.54, 1.807) is 30.3 Å². The summed E-state index contributed by atoms with van der Waals surface area (Å²) in [7, 11) is 0. The molecule has 6 heteroatoms. The molecule has 0 unspecified atom stereocenters. The van der Waals surface area contributed by atoms with Gasteiger partial charge in [0.1, 0.15) is 17.1 Å². The highest BCUT2D eigenvalue weighted by molar-refractivity contribution is 6.14. The summed E-state index contributed by atoms with van der Waals surface area (Å²) >= 11 is 0. The molecule has 4 aromatic rings. The van der Waals surface area contributed by atoms with Crippen LogP contribution in [0.25, 0.3) is 11.0 Å². The van der Waals surface area contributed by atoms with E-state index in [1.165, 1.54) is 18.2 Å². The monoisotopic (exact) mass is 402 g/mol. The topological polar surface area (TPSA) is 71.3 Å². The fraction of sp³-hybridized carbons (Fsp3) is 0.0833. The Labute approximate surface area is 172 Å². The molecule has 1 aromatic heterocycles. The van der Waals surface area contributed by atoms with E-state index in [2.05, 4.69) is 10.6 Å². The molecule has 150 valence electrons. The largest absolute Gasteiger partial charge is 0.449 e. The lowest BCUT2D eigenvalue weighted by molar-refractivity contribution is -0.115. The molecule has 0 aliphatic carbocycles. The molecule has 0 radical (unpaired) electrons. The fourth-order valence-corrected chi connectivity index (χ4v) is 3.26. The average molecular weight is 402 g/mol. The van der Waals surface area contributed by atoms with Gasteiger partial charge in [-0.1, -0.05) is 54.1 Å². The van der Waals surface area contributed by atoms with Crippen molar-refractivity contribution in [3.05, 3.63) is 95.5 Å². The number of furan rings is 1. The lowest BCUT2D eigenvalue weighted by Crippen LogP contribution is -2.18. The first kappa shape index (κ1) is 19.4. The van der Waals surface area contributed by atoms with Gasteiger partial charge in [-0.15, -0.1) is 0 Å². The number of hydrogen-bond acceptors (Lipinski definition) is 3. The number of aryl methyl sites for hydroxylation is 1. The lowest BCUT2D eigenvalue weighted by Gasteiger charge is -2.08. The van der Waals surface area contributed by atoms with Gasteiger partial charge < -0.3 is 15.1 Å². The van der Waals surface area contributed by atoms with Crippen LogP contribution in [0.3, 0.4) is 0 Å². The molecule has 0 atom stereocenters. The van der Waals surface area contributed by atoms with Crippen molar-refractivity contribution in [2.45, 2.75) is 13.3 Å². The van der Waals surface area contributed by atoms with Gasteiger partial charge in [0.25, 0.3) is 5.91 Å². The maximum atomic E-state index is 13.9. The first-order valence-electron chi connectivity index (χ1n) is 9.44. The normalized spacial score (nSPS) is 10.7. The van der Waals surface area contributed by atoms with E-state index in [4.69, 9.17) is 4.42 Å². The number of amides is 2. The van der Waals surface area contributed by atoms with E-state index in [9.17, 15) is 14.0 Å². The third kappa shape index (κ3) is 4.07. The van der Waals surface area contributed by atoms with Crippen LogP contribution < -0.4 is 10.6 Å². The minimum absolute atomic E-state index is 0.0278.